The number of thiol groups is 2. The van der Waals surface area contributed by atoms with Crippen LogP contribution in [0, 0.1) is 0 Å². The Morgan fingerprint density at radius 2 is 1.82 bits per heavy atom. The van der Waals surface area contributed by atoms with Crippen LogP contribution in [0.4, 0.5) is 0 Å². The van der Waals surface area contributed by atoms with Crippen molar-refractivity contribution in [2.75, 3.05) is 5.75 Å². The molecule has 0 spiro atoms. The van der Waals surface area contributed by atoms with Gasteiger partial charge in [0.1, 0.15) is 5.75 Å². The Labute approximate surface area is 77.3 Å². The maximum Gasteiger partial charge on any atom is 0.115 e. The third kappa shape index (κ3) is 2.34. The van der Waals surface area contributed by atoms with E-state index in [0.29, 0.717) is 5.75 Å². The minimum atomic E-state index is 0.152. The highest BCUT2D eigenvalue weighted by Crippen LogP contribution is 2.22. The average Bonchev–Trinajstić information content (AvgIpc) is 2.05. The average molecular weight is 186 g/mol. The molecular weight excluding hydrogens is 176 g/mol. The van der Waals surface area contributed by atoms with Crippen LogP contribution in [0.25, 0.3) is 0 Å². The quantitative estimate of drug-likeness (QED) is 0.605. The fourth-order valence-electron chi connectivity index (χ4n) is 0.802. The molecule has 0 amide bonds. The highest BCUT2D eigenvalue weighted by atomic mass is 32.1. The Kier molecular flexibility index (Phi) is 3.15. The molecule has 3 heteroatoms. The molecule has 1 aromatic carbocycles. The van der Waals surface area contributed by atoms with Gasteiger partial charge in [-0.2, -0.15) is 25.3 Å². The topological polar surface area (TPSA) is 20.2 Å². The summed E-state index contributed by atoms with van der Waals surface area (Å²) < 4.78 is 0. The van der Waals surface area contributed by atoms with Gasteiger partial charge in [0.2, 0.25) is 0 Å². The van der Waals surface area contributed by atoms with Crippen LogP contribution < -0.4 is 0 Å². The van der Waals surface area contributed by atoms with Gasteiger partial charge in [0.25, 0.3) is 0 Å². The first-order valence-electron chi connectivity index (χ1n) is 3.32. The third-order valence-corrected chi connectivity index (χ3v) is 2.58. The first kappa shape index (κ1) is 8.81. The van der Waals surface area contributed by atoms with Gasteiger partial charge >= 0.3 is 0 Å². The van der Waals surface area contributed by atoms with Gasteiger partial charge in [-0.3, -0.25) is 0 Å². The van der Waals surface area contributed by atoms with E-state index in [1.54, 1.807) is 12.1 Å². The van der Waals surface area contributed by atoms with E-state index in [0.717, 1.165) is 5.56 Å². The number of phenols is 1. The number of phenolic OH excluding ortho intramolecular Hbond substituents is 1. The molecule has 0 aliphatic rings. The van der Waals surface area contributed by atoms with Crippen LogP contribution in [0.1, 0.15) is 10.8 Å². The van der Waals surface area contributed by atoms with Crippen molar-refractivity contribution in [3.8, 4) is 5.75 Å². The van der Waals surface area contributed by atoms with E-state index < -0.39 is 0 Å². The lowest BCUT2D eigenvalue weighted by atomic mass is 10.1. The number of benzene rings is 1. The summed E-state index contributed by atoms with van der Waals surface area (Å²) in [5, 5.41) is 9.12. The molecule has 1 atom stereocenters. The fraction of sp³-hybridized carbons (Fsp3) is 0.250. The van der Waals surface area contributed by atoms with E-state index in [1.165, 1.54) is 0 Å². The van der Waals surface area contributed by atoms with Crippen LogP contribution in [0.3, 0.4) is 0 Å². The van der Waals surface area contributed by atoms with Crippen molar-refractivity contribution < 1.29 is 5.11 Å². The highest BCUT2D eigenvalue weighted by Gasteiger charge is 2.02. The molecule has 60 valence electrons. The standard InChI is InChI=1S/C8H10OS2/c9-7-3-1-6(2-4-7)8(11)5-10/h1-4,8-11H,5H2. The van der Waals surface area contributed by atoms with Crippen LogP contribution in [-0.4, -0.2) is 10.9 Å². The van der Waals surface area contributed by atoms with Gasteiger partial charge in [0.15, 0.2) is 0 Å². The summed E-state index contributed by atoms with van der Waals surface area (Å²) in [5.41, 5.74) is 1.08. The Balaban J connectivity index is 2.81. The molecule has 0 aliphatic carbocycles. The largest absolute Gasteiger partial charge is 0.508 e. The van der Waals surface area contributed by atoms with E-state index in [-0.39, 0.29) is 11.0 Å². The molecule has 0 saturated carbocycles. The molecule has 1 aromatic rings. The Bertz CT molecular complexity index is 220. The van der Waals surface area contributed by atoms with Crippen molar-refractivity contribution in [2.24, 2.45) is 0 Å². The van der Waals surface area contributed by atoms with Crippen molar-refractivity contribution >= 4 is 25.3 Å². The summed E-state index contributed by atoms with van der Waals surface area (Å²) in [6.07, 6.45) is 0. The lowest BCUT2D eigenvalue weighted by Crippen LogP contribution is -1.90. The lowest BCUT2D eigenvalue weighted by molar-refractivity contribution is 0.475. The zero-order chi connectivity index (χ0) is 8.27. The molecule has 11 heavy (non-hydrogen) atoms. The monoisotopic (exact) mass is 186 g/mol. The van der Waals surface area contributed by atoms with Crippen molar-refractivity contribution in [3.63, 3.8) is 0 Å². The maximum atomic E-state index is 8.97. The van der Waals surface area contributed by atoms with Gasteiger partial charge in [-0.15, -0.1) is 0 Å². The predicted octanol–water partition coefficient (Wildman–Crippen LogP) is 2.29. The van der Waals surface area contributed by atoms with E-state index in [4.69, 9.17) is 5.11 Å². The Hall–Kier alpha value is -0.280. The second-order valence-corrected chi connectivity index (χ2v) is 3.28. The molecule has 0 aliphatic heterocycles. The molecular formula is C8H10OS2. The van der Waals surface area contributed by atoms with Crippen LogP contribution in [0.15, 0.2) is 24.3 Å². The first-order valence-corrected chi connectivity index (χ1v) is 4.47. The maximum absolute atomic E-state index is 8.97. The fourth-order valence-corrected chi connectivity index (χ4v) is 1.18. The molecule has 0 heterocycles. The van der Waals surface area contributed by atoms with Crippen molar-refractivity contribution in [1.29, 1.82) is 0 Å². The van der Waals surface area contributed by atoms with Crippen molar-refractivity contribution in [1.82, 2.24) is 0 Å². The summed E-state index contributed by atoms with van der Waals surface area (Å²) in [6, 6.07) is 7.01. The summed E-state index contributed by atoms with van der Waals surface area (Å²) in [5.74, 6) is 0.988. The van der Waals surface area contributed by atoms with Crippen LogP contribution in [0.5, 0.6) is 5.75 Å². The van der Waals surface area contributed by atoms with E-state index in [2.05, 4.69) is 25.3 Å². The molecule has 0 fully saturated rings. The lowest BCUT2D eigenvalue weighted by Gasteiger charge is -2.06. The first-order chi connectivity index (χ1) is 5.24. The number of hydrogen-bond donors (Lipinski definition) is 3. The minimum absolute atomic E-state index is 0.152. The molecule has 1 N–H and O–H groups in total. The third-order valence-electron chi connectivity index (χ3n) is 1.45. The van der Waals surface area contributed by atoms with Gasteiger partial charge in [-0.05, 0) is 17.7 Å². The molecule has 0 saturated heterocycles. The second kappa shape index (κ2) is 3.93. The minimum Gasteiger partial charge on any atom is -0.508 e. The van der Waals surface area contributed by atoms with Gasteiger partial charge in [-0.1, -0.05) is 12.1 Å². The summed E-state index contributed by atoms with van der Waals surface area (Å²) in [6.45, 7) is 0. The Morgan fingerprint density at radius 1 is 1.27 bits per heavy atom. The summed E-state index contributed by atoms with van der Waals surface area (Å²) >= 11 is 8.41. The number of aromatic hydroxyl groups is 1. The Morgan fingerprint density at radius 3 is 2.27 bits per heavy atom. The zero-order valence-electron chi connectivity index (χ0n) is 5.94. The molecule has 1 unspecified atom stereocenters. The summed E-state index contributed by atoms with van der Waals surface area (Å²) in [7, 11) is 0. The summed E-state index contributed by atoms with van der Waals surface area (Å²) in [4.78, 5) is 0. The predicted molar refractivity (Wildman–Crippen MR) is 53.7 cm³/mol. The van der Waals surface area contributed by atoms with Gasteiger partial charge in [0.05, 0.1) is 0 Å². The van der Waals surface area contributed by atoms with Crippen molar-refractivity contribution in [3.05, 3.63) is 29.8 Å². The second-order valence-electron chi connectivity index (χ2n) is 2.29. The normalized spacial score (nSPS) is 12.9. The van der Waals surface area contributed by atoms with E-state index in [1.807, 2.05) is 12.1 Å². The van der Waals surface area contributed by atoms with E-state index >= 15 is 0 Å². The molecule has 0 radical (unpaired) electrons. The smallest absolute Gasteiger partial charge is 0.115 e. The SMILES string of the molecule is Oc1ccc(C(S)CS)cc1. The molecule has 0 bridgehead atoms. The molecule has 1 rings (SSSR count). The molecule has 1 nitrogen and oxygen atoms in total. The van der Waals surface area contributed by atoms with Gasteiger partial charge < -0.3 is 5.11 Å². The zero-order valence-corrected chi connectivity index (χ0v) is 7.72. The molecule has 0 aromatic heterocycles. The highest BCUT2D eigenvalue weighted by molar-refractivity contribution is 7.84. The van der Waals surface area contributed by atoms with E-state index in [9.17, 15) is 0 Å². The van der Waals surface area contributed by atoms with Crippen LogP contribution in [-0.2, 0) is 0 Å². The number of rotatable bonds is 2. The van der Waals surface area contributed by atoms with Crippen molar-refractivity contribution in [2.45, 2.75) is 5.25 Å². The van der Waals surface area contributed by atoms with Crippen LogP contribution in [0.2, 0.25) is 0 Å². The van der Waals surface area contributed by atoms with Gasteiger partial charge in [-0.25, -0.2) is 0 Å². The number of hydrogen-bond acceptors (Lipinski definition) is 3. The van der Waals surface area contributed by atoms with Gasteiger partial charge in [0, 0.05) is 11.0 Å². The van der Waals surface area contributed by atoms with Crippen LogP contribution >= 0.6 is 25.3 Å².